The molecule has 0 saturated carbocycles. The van der Waals surface area contributed by atoms with Crippen molar-refractivity contribution >= 4 is 11.6 Å². The summed E-state index contributed by atoms with van der Waals surface area (Å²) in [4.78, 5) is 18.2. The number of likely N-dealkylation sites (N-methyl/N-ethyl adjacent to an activating group) is 1. The Hall–Kier alpha value is -3.52. The van der Waals surface area contributed by atoms with E-state index in [1.165, 1.54) is 12.1 Å². The number of halogens is 1. The molecule has 2 aliphatic rings. The van der Waals surface area contributed by atoms with Gasteiger partial charge in [0.15, 0.2) is 0 Å². The first-order valence-corrected chi connectivity index (χ1v) is 12.6. The first-order valence-electron chi connectivity index (χ1n) is 12.6. The summed E-state index contributed by atoms with van der Waals surface area (Å²) in [6.45, 7) is 3.12. The maximum absolute atomic E-state index is 14.1. The fourth-order valence-electron chi connectivity index (χ4n) is 5.59. The van der Waals surface area contributed by atoms with Gasteiger partial charge < -0.3 is 20.2 Å². The molecule has 8 heteroatoms. The van der Waals surface area contributed by atoms with Gasteiger partial charge in [0.05, 0.1) is 23.0 Å². The minimum Gasteiger partial charge on any atom is -0.507 e. The molecule has 3 aromatic rings. The van der Waals surface area contributed by atoms with Crippen LogP contribution in [-0.2, 0) is 10.2 Å². The fourth-order valence-corrected chi connectivity index (χ4v) is 5.59. The highest BCUT2D eigenvalue weighted by atomic mass is 19.1. The van der Waals surface area contributed by atoms with Crippen LogP contribution in [0.1, 0.15) is 31.2 Å². The quantitative estimate of drug-likeness (QED) is 0.568. The summed E-state index contributed by atoms with van der Waals surface area (Å²) >= 11 is 0. The maximum atomic E-state index is 14.1. The van der Waals surface area contributed by atoms with Crippen molar-refractivity contribution in [2.24, 2.45) is 0 Å². The Morgan fingerprint density at radius 3 is 2.50 bits per heavy atom. The molecule has 2 saturated heterocycles. The van der Waals surface area contributed by atoms with Crippen LogP contribution in [0.5, 0.6) is 5.75 Å². The van der Waals surface area contributed by atoms with Crippen LogP contribution in [0.15, 0.2) is 60.8 Å². The van der Waals surface area contributed by atoms with Crippen molar-refractivity contribution in [2.75, 3.05) is 38.1 Å². The predicted octanol–water partition coefficient (Wildman–Crippen LogP) is 3.74. The van der Waals surface area contributed by atoms with Crippen molar-refractivity contribution in [3.8, 4) is 17.0 Å². The van der Waals surface area contributed by atoms with E-state index in [1.54, 1.807) is 30.5 Å². The lowest BCUT2D eigenvalue weighted by Gasteiger charge is -2.45. The van der Waals surface area contributed by atoms with E-state index in [2.05, 4.69) is 20.4 Å². The number of aromatic hydroxyl groups is 1. The zero-order valence-corrected chi connectivity index (χ0v) is 20.5. The van der Waals surface area contributed by atoms with Crippen LogP contribution in [-0.4, -0.2) is 65.4 Å². The second-order valence-electron chi connectivity index (χ2n) is 9.79. The zero-order valence-electron chi connectivity index (χ0n) is 20.5. The highest BCUT2D eigenvalue weighted by Crippen LogP contribution is 2.40. The number of aromatic nitrogens is 2. The van der Waals surface area contributed by atoms with E-state index >= 15 is 0 Å². The third kappa shape index (κ3) is 4.65. The predicted molar refractivity (Wildman–Crippen MR) is 137 cm³/mol. The van der Waals surface area contributed by atoms with Crippen LogP contribution in [0.2, 0.25) is 0 Å². The third-order valence-electron chi connectivity index (χ3n) is 7.79. The molecule has 2 fully saturated rings. The van der Waals surface area contributed by atoms with E-state index in [9.17, 15) is 14.3 Å². The zero-order chi connectivity index (χ0) is 25.1. The molecule has 3 heterocycles. The van der Waals surface area contributed by atoms with Gasteiger partial charge in [-0.3, -0.25) is 4.79 Å². The first kappa shape index (κ1) is 24.2. The van der Waals surface area contributed by atoms with Gasteiger partial charge in [-0.15, -0.1) is 0 Å². The topological polar surface area (TPSA) is 81.6 Å². The summed E-state index contributed by atoms with van der Waals surface area (Å²) in [5.41, 5.74) is 2.29. The van der Waals surface area contributed by atoms with Gasteiger partial charge in [-0.05, 0) is 74.7 Å². The number of rotatable bonds is 5. The Morgan fingerprint density at radius 2 is 1.81 bits per heavy atom. The van der Waals surface area contributed by atoms with E-state index in [4.69, 9.17) is 0 Å². The average molecular weight is 490 g/mol. The SMILES string of the molecule is CN(C(=O)C1(c2ccc(F)cc2)CCN(c2cnnc(-c3ccccc3O)c2)CC1)C1CCNCC1. The molecule has 0 spiro atoms. The number of piperidine rings is 2. The lowest BCUT2D eigenvalue weighted by atomic mass is 9.71. The number of phenols is 1. The largest absolute Gasteiger partial charge is 0.507 e. The Kier molecular flexibility index (Phi) is 6.87. The Labute approximate surface area is 211 Å². The molecule has 0 unspecified atom stereocenters. The van der Waals surface area contributed by atoms with Gasteiger partial charge in [0.1, 0.15) is 11.6 Å². The van der Waals surface area contributed by atoms with Gasteiger partial charge in [-0.1, -0.05) is 24.3 Å². The molecular weight excluding hydrogens is 457 g/mol. The number of para-hydroxylation sites is 1. The smallest absolute Gasteiger partial charge is 0.233 e. The number of benzene rings is 2. The second kappa shape index (κ2) is 10.2. The van der Waals surface area contributed by atoms with Crippen LogP contribution < -0.4 is 10.2 Å². The second-order valence-corrected chi connectivity index (χ2v) is 9.79. The molecule has 0 radical (unpaired) electrons. The number of amides is 1. The normalized spacial score (nSPS) is 18.1. The van der Waals surface area contributed by atoms with Crippen LogP contribution >= 0.6 is 0 Å². The van der Waals surface area contributed by atoms with Crippen LogP contribution in [0.3, 0.4) is 0 Å². The fraction of sp³-hybridized carbons (Fsp3) is 0.393. The lowest BCUT2D eigenvalue weighted by Crippen LogP contribution is -2.55. The average Bonchev–Trinajstić information content (AvgIpc) is 2.93. The van der Waals surface area contributed by atoms with Gasteiger partial charge in [0.2, 0.25) is 5.91 Å². The maximum Gasteiger partial charge on any atom is 0.233 e. The summed E-state index contributed by atoms with van der Waals surface area (Å²) in [5, 5.41) is 22.0. The molecule has 188 valence electrons. The standard InChI is InChI=1S/C28H32FN5O2/c1-33(22-10-14-30-15-11-22)27(36)28(20-6-8-21(29)9-7-20)12-16-34(17-13-28)23-18-25(32-31-19-23)24-4-2-3-5-26(24)35/h2-9,18-19,22,30,35H,10-17H2,1H3. The van der Waals surface area contributed by atoms with Crippen molar-refractivity contribution < 1.29 is 14.3 Å². The number of hydrogen-bond donors (Lipinski definition) is 2. The molecule has 0 bridgehead atoms. The molecule has 1 amide bonds. The van der Waals surface area contributed by atoms with Crippen molar-refractivity contribution in [1.82, 2.24) is 20.4 Å². The molecular formula is C28H32FN5O2. The first-order chi connectivity index (χ1) is 17.5. The van der Waals surface area contributed by atoms with E-state index in [1.807, 2.05) is 30.1 Å². The van der Waals surface area contributed by atoms with Gasteiger partial charge in [-0.25, -0.2) is 4.39 Å². The van der Waals surface area contributed by atoms with Crippen molar-refractivity contribution in [3.05, 3.63) is 72.2 Å². The number of nitrogens with zero attached hydrogens (tertiary/aromatic N) is 4. The summed E-state index contributed by atoms with van der Waals surface area (Å²) in [6, 6.07) is 15.6. The minimum absolute atomic E-state index is 0.114. The monoisotopic (exact) mass is 489 g/mol. The number of hydrogen-bond acceptors (Lipinski definition) is 6. The molecule has 2 aliphatic heterocycles. The molecule has 0 aliphatic carbocycles. The third-order valence-corrected chi connectivity index (χ3v) is 7.79. The number of anilines is 1. The number of carbonyl (C=O) groups excluding carboxylic acids is 1. The number of carbonyl (C=O) groups is 1. The Morgan fingerprint density at radius 1 is 1.11 bits per heavy atom. The highest BCUT2D eigenvalue weighted by Gasteiger charge is 2.45. The summed E-state index contributed by atoms with van der Waals surface area (Å²) in [7, 11) is 1.92. The van der Waals surface area contributed by atoms with Crippen LogP contribution in [0.4, 0.5) is 10.1 Å². The van der Waals surface area contributed by atoms with Gasteiger partial charge in [0, 0.05) is 31.7 Å². The van der Waals surface area contributed by atoms with Crippen molar-refractivity contribution in [3.63, 3.8) is 0 Å². The molecule has 5 rings (SSSR count). The summed E-state index contributed by atoms with van der Waals surface area (Å²) < 4.78 is 13.8. The highest BCUT2D eigenvalue weighted by molar-refractivity contribution is 5.89. The van der Waals surface area contributed by atoms with Crippen molar-refractivity contribution in [2.45, 2.75) is 37.1 Å². The molecule has 2 aromatic carbocycles. The Balaban J connectivity index is 1.40. The number of nitrogens with one attached hydrogen (secondary N) is 1. The number of phenolic OH excluding ortho intramolecular Hbond substituents is 1. The van der Waals surface area contributed by atoms with E-state index < -0.39 is 5.41 Å². The van der Waals surface area contributed by atoms with Crippen molar-refractivity contribution in [1.29, 1.82) is 0 Å². The van der Waals surface area contributed by atoms with Gasteiger partial charge in [-0.2, -0.15) is 10.2 Å². The summed E-state index contributed by atoms with van der Waals surface area (Å²) in [6.07, 6.45) is 4.82. The van der Waals surface area contributed by atoms with E-state index in [0.717, 1.165) is 37.2 Å². The van der Waals surface area contributed by atoms with Gasteiger partial charge >= 0.3 is 0 Å². The molecule has 2 N–H and O–H groups in total. The molecule has 0 atom stereocenters. The molecule has 7 nitrogen and oxygen atoms in total. The summed E-state index contributed by atoms with van der Waals surface area (Å²) in [5.74, 6) is -0.0297. The lowest BCUT2D eigenvalue weighted by molar-refractivity contribution is -0.139. The van der Waals surface area contributed by atoms with E-state index in [0.29, 0.717) is 37.2 Å². The van der Waals surface area contributed by atoms with Crippen LogP contribution in [0, 0.1) is 5.82 Å². The van der Waals surface area contributed by atoms with E-state index in [-0.39, 0.29) is 23.5 Å². The molecule has 36 heavy (non-hydrogen) atoms. The molecule has 1 aromatic heterocycles. The minimum atomic E-state index is -0.704. The Bertz CT molecular complexity index is 1200. The van der Waals surface area contributed by atoms with Crippen LogP contribution in [0.25, 0.3) is 11.3 Å². The van der Waals surface area contributed by atoms with Gasteiger partial charge in [0.25, 0.3) is 0 Å².